The van der Waals surface area contributed by atoms with Gasteiger partial charge < -0.3 is 4.84 Å². The van der Waals surface area contributed by atoms with Crippen LogP contribution >= 0.6 is 0 Å². The summed E-state index contributed by atoms with van der Waals surface area (Å²) < 4.78 is 1.45. The summed E-state index contributed by atoms with van der Waals surface area (Å²) in [4.78, 5) is 16.4. The lowest BCUT2D eigenvalue weighted by Crippen LogP contribution is -2.18. The lowest BCUT2D eigenvalue weighted by atomic mass is 10.3. The molecule has 1 heterocycles. The van der Waals surface area contributed by atoms with E-state index < -0.39 is 5.97 Å². The highest BCUT2D eigenvalue weighted by Crippen LogP contribution is 2.13. The Morgan fingerprint density at radius 3 is 2.80 bits per heavy atom. The van der Waals surface area contributed by atoms with Gasteiger partial charge in [-0.25, -0.2) is 4.79 Å². The molecule has 0 radical (unpaired) electrons. The Kier molecular flexibility index (Phi) is 2.29. The lowest BCUT2D eigenvalue weighted by molar-refractivity contribution is -0.138. The van der Waals surface area contributed by atoms with Crippen LogP contribution in [0, 0.1) is 0 Å². The van der Waals surface area contributed by atoms with Gasteiger partial charge in [0.15, 0.2) is 0 Å². The molecule has 0 unspecified atom stereocenters. The van der Waals surface area contributed by atoms with Crippen molar-refractivity contribution < 1.29 is 9.63 Å². The minimum atomic E-state index is -0.420. The molecule has 2 aromatic rings. The monoisotopic (exact) mass is 201 g/mol. The average Bonchev–Trinajstić information content (AvgIpc) is 2.62. The minimum absolute atomic E-state index is 0.382. The third kappa shape index (κ3) is 1.76. The third-order valence-corrected chi connectivity index (χ3v) is 2.09. The second-order valence-corrected chi connectivity index (χ2v) is 3.36. The van der Waals surface area contributed by atoms with Crippen molar-refractivity contribution in [3.05, 3.63) is 48.7 Å². The van der Waals surface area contributed by atoms with Gasteiger partial charge in [0.2, 0.25) is 0 Å². The fourth-order valence-electron chi connectivity index (χ4n) is 1.30. The number of carbonyl (C=O) groups excluding carboxylic acids is 1. The summed E-state index contributed by atoms with van der Waals surface area (Å²) in [7, 11) is 0. The first-order valence-electron chi connectivity index (χ1n) is 4.63. The summed E-state index contributed by atoms with van der Waals surface area (Å²) in [6.07, 6.45) is 1.71. The van der Waals surface area contributed by atoms with E-state index in [-0.39, 0.29) is 0 Å². The normalized spacial score (nSPS) is 10.2. The van der Waals surface area contributed by atoms with Crippen molar-refractivity contribution in [1.82, 2.24) is 4.73 Å². The molecule has 1 aromatic carbocycles. The average molecular weight is 201 g/mol. The number of benzene rings is 1. The van der Waals surface area contributed by atoms with Crippen LogP contribution in [0.4, 0.5) is 0 Å². The number of hydrogen-bond acceptors (Lipinski definition) is 2. The first kappa shape index (κ1) is 9.52. The molecule has 0 saturated carbocycles. The van der Waals surface area contributed by atoms with E-state index in [1.54, 1.807) is 13.1 Å². The lowest BCUT2D eigenvalue weighted by Gasteiger charge is -2.04. The van der Waals surface area contributed by atoms with E-state index in [1.807, 2.05) is 30.3 Å². The minimum Gasteiger partial charge on any atom is -0.331 e. The number of carbonyl (C=O) groups is 1. The van der Waals surface area contributed by atoms with Crippen LogP contribution in [0.5, 0.6) is 0 Å². The van der Waals surface area contributed by atoms with Gasteiger partial charge in [0.25, 0.3) is 0 Å². The van der Waals surface area contributed by atoms with Crippen LogP contribution in [-0.2, 0) is 4.79 Å². The molecule has 0 amide bonds. The van der Waals surface area contributed by atoms with Gasteiger partial charge in [-0.1, -0.05) is 24.8 Å². The van der Waals surface area contributed by atoms with Crippen molar-refractivity contribution in [2.75, 3.05) is 0 Å². The molecule has 0 aliphatic heterocycles. The summed E-state index contributed by atoms with van der Waals surface area (Å²) in [6, 6.07) is 9.57. The predicted octanol–water partition coefficient (Wildman–Crippen LogP) is 2.17. The Balaban J connectivity index is 2.37. The Hall–Kier alpha value is -2.03. The topological polar surface area (TPSA) is 31.2 Å². The van der Waals surface area contributed by atoms with Crippen LogP contribution in [0.2, 0.25) is 0 Å². The SMILES string of the molecule is C=C(C)C(=O)On1ccc2ccccc21. The number of nitrogens with zero attached hydrogens (tertiary/aromatic N) is 1. The van der Waals surface area contributed by atoms with Gasteiger partial charge in [0.1, 0.15) is 0 Å². The molecule has 15 heavy (non-hydrogen) atoms. The van der Waals surface area contributed by atoms with E-state index in [4.69, 9.17) is 4.84 Å². The zero-order valence-electron chi connectivity index (χ0n) is 8.43. The molecule has 0 atom stereocenters. The van der Waals surface area contributed by atoms with E-state index in [0.29, 0.717) is 5.57 Å². The van der Waals surface area contributed by atoms with Crippen molar-refractivity contribution in [3.8, 4) is 0 Å². The Morgan fingerprint density at radius 1 is 1.33 bits per heavy atom. The largest absolute Gasteiger partial charge is 0.358 e. The van der Waals surface area contributed by atoms with Crippen molar-refractivity contribution >= 4 is 16.9 Å². The molecule has 0 fully saturated rings. The molecule has 0 saturated heterocycles. The molecule has 0 bridgehead atoms. The van der Waals surface area contributed by atoms with Crippen molar-refractivity contribution in [3.63, 3.8) is 0 Å². The molecule has 0 aliphatic carbocycles. The molecule has 0 N–H and O–H groups in total. The summed E-state index contributed by atoms with van der Waals surface area (Å²) in [6.45, 7) is 5.15. The van der Waals surface area contributed by atoms with Crippen LogP contribution < -0.4 is 4.84 Å². The van der Waals surface area contributed by atoms with E-state index in [1.165, 1.54) is 4.73 Å². The Labute approximate surface area is 87.5 Å². The summed E-state index contributed by atoms with van der Waals surface area (Å²) >= 11 is 0. The van der Waals surface area contributed by atoms with Crippen molar-refractivity contribution in [1.29, 1.82) is 0 Å². The highest BCUT2D eigenvalue weighted by atomic mass is 16.7. The molecule has 2 rings (SSSR count). The number of aromatic nitrogens is 1. The van der Waals surface area contributed by atoms with Crippen LogP contribution in [0.25, 0.3) is 10.9 Å². The van der Waals surface area contributed by atoms with E-state index >= 15 is 0 Å². The maximum atomic E-state index is 11.3. The van der Waals surface area contributed by atoms with Crippen molar-refractivity contribution in [2.45, 2.75) is 6.92 Å². The smallest absolute Gasteiger partial charge is 0.331 e. The summed E-state index contributed by atoms with van der Waals surface area (Å²) in [5.41, 5.74) is 1.25. The first-order chi connectivity index (χ1) is 7.18. The van der Waals surface area contributed by atoms with Crippen molar-refractivity contribution in [2.24, 2.45) is 0 Å². The Morgan fingerprint density at radius 2 is 2.07 bits per heavy atom. The maximum Gasteiger partial charge on any atom is 0.358 e. The zero-order valence-corrected chi connectivity index (χ0v) is 8.43. The van der Waals surface area contributed by atoms with Gasteiger partial charge in [-0.05, 0) is 19.1 Å². The molecule has 3 nitrogen and oxygen atoms in total. The number of hydrogen-bond donors (Lipinski definition) is 0. The van der Waals surface area contributed by atoms with Crippen LogP contribution in [0.15, 0.2) is 48.7 Å². The highest BCUT2D eigenvalue weighted by Gasteiger charge is 2.07. The van der Waals surface area contributed by atoms with E-state index in [2.05, 4.69) is 6.58 Å². The standard InChI is InChI=1S/C12H11NO2/c1-9(2)12(14)15-13-8-7-10-5-3-4-6-11(10)13/h3-8H,1H2,2H3. The van der Waals surface area contributed by atoms with Gasteiger partial charge in [-0.15, -0.1) is 0 Å². The zero-order chi connectivity index (χ0) is 10.8. The van der Waals surface area contributed by atoms with Crippen LogP contribution in [-0.4, -0.2) is 10.7 Å². The quantitative estimate of drug-likeness (QED) is 0.697. The molecule has 0 spiro atoms. The molecular formula is C12H11NO2. The molecule has 0 aliphatic rings. The molecule has 76 valence electrons. The molecule has 3 heteroatoms. The summed E-state index contributed by atoms with van der Waals surface area (Å²) in [5.74, 6) is -0.420. The Bertz CT molecular complexity index is 525. The second kappa shape index (κ2) is 3.61. The van der Waals surface area contributed by atoms with Crippen LogP contribution in [0.3, 0.4) is 0 Å². The van der Waals surface area contributed by atoms with Gasteiger partial charge >= 0.3 is 5.97 Å². The van der Waals surface area contributed by atoms with Gasteiger partial charge in [-0.2, -0.15) is 4.73 Å². The number of para-hydroxylation sites is 1. The van der Waals surface area contributed by atoms with Crippen LogP contribution in [0.1, 0.15) is 6.92 Å². The van der Waals surface area contributed by atoms with E-state index in [9.17, 15) is 4.79 Å². The predicted molar refractivity (Wildman–Crippen MR) is 58.3 cm³/mol. The summed E-state index contributed by atoms with van der Waals surface area (Å²) in [5, 5.41) is 1.03. The highest BCUT2D eigenvalue weighted by molar-refractivity contribution is 5.88. The van der Waals surface area contributed by atoms with Gasteiger partial charge in [0, 0.05) is 17.2 Å². The van der Waals surface area contributed by atoms with Gasteiger partial charge in [-0.3, -0.25) is 0 Å². The first-order valence-corrected chi connectivity index (χ1v) is 4.63. The fourth-order valence-corrected chi connectivity index (χ4v) is 1.30. The third-order valence-electron chi connectivity index (χ3n) is 2.09. The fraction of sp³-hybridized carbons (Fsp3) is 0.0833. The number of fused-ring (bicyclic) bond motifs is 1. The van der Waals surface area contributed by atoms with Gasteiger partial charge in [0.05, 0.1) is 5.52 Å². The maximum absolute atomic E-state index is 11.3. The molecule has 1 aromatic heterocycles. The molecular weight excluding hydrogens is 190 g/mol. The second-order valence-electron chi connectivity index (χ2n) is 3.36. The number of rotatable bonds is 2. The van der Waals surface area contributed by atoms with E-state index in [0.717, 1.165) is 10.9 Å².